The minimum Gasteiger partial charge on any atom is -0.392 e. The minimum absolute atomic E-state index is 0.118. The monoisotopic (exact) mass is 220 g/mol. The van der Waals surface area contributed by atoms with Crippen LogP contribution < -0.4 is 0 Å². The minimum atomic E-state index is -0.118. The van der Waals surface area contributed by atoms with Crippen molar-refractivity contribution in [2.75, 3.05) is 0 Å². The molecule has 0 aromatic carbocycles. The topological polar surface area (TPSA) is 20.2 Å². The summed E-state index contributed by atoms with van der Waals surface area (Å²) >= 11 is 0. The van der Waals surface area contributed by atoms with Crippen LogP contribution in [0.5, 0.6) is 0 Å². The number of hydrogen-bond donors (Lipinski definition) is 1. The first-order valence-corrected chi connectivity index (χ1v) is 6.58. The Labute approximate surface area is 99.3 Å². The summed E-state index contributed by atoms with van der Waals surface area (Å²) in [7, 11) is 0. The smallest absolute Gasteiger partial charge is 0.0608 e. The van der Waals surface area contributed by atoms with E-state index < -0.39 is 0 Å². The van der Waals surface area contributed by atoms with E-state index in [1.165, 1.54) is 11.1 Å². The standard InChI is InChI=1S/C15H24O/c1-9(2)13-8-14-12(5-6-15(14)16)10(3)7-11(13)4/h7-9,11-12,14-16H,5-6H2,1-4H3. The molecule has 1 fully saturated rings. The van der Waals surface area contributed by atoms with Gasteiger partial charge in [-0.15, -0.1) is 0 Å². The van der Waals surface area contributed by atoms with Gasteiger partial charge in [0.25, 0.3) is 0 Å². The maximum absolute atomic E-state index is 10.1. The Bertz CT molecular complexity index is 324. The SMILES string of the molecule is CC1=CC(C)C(C(C)C)=CC2C(O)CCC12. The normalized spacial score (nSPS) is 39.1. The van der Waals surface area contributed by atoms with Crippen LogP contribution in [0.4, 0.5) is 0 Å². The molecule has 0 radical (unpaired) electrons. The summed E-state index contributed by atoms with van der Waals surface area (Å²) in [5, 5.41) is 10.1. The first-order valence-electron chi connectivity index (χ1n) is 6.58. The lowest BCUT2D eigenvalue weighted by atomic mass is 9.87. The Morgan fingerprint density at radius 2 is 1.94 bits per heavy atom. The number of hydrogen-bond acceptors (Lipinski definition) is 1. The van der Waals surface area contributed by atoms with Crippen molar-refractivity contribution in [2.24, 2.45) is 23.7 Å². The van der Waals surface area contributed by atoms with Crippen molar-refractivity contribution in [3.8, 4) is 0 Å². The number of fused-ring (bicyclic) bond motifs is 1. The predicted octanol–water partition coefficient (Wildman–Crippen LogP) is 3.55. The highest BCUT2D eigenvalue weighted by atomic mass is 16.3. The summed E-state index contributed by atoms with van der Waals surface area (Å²) in [6.07, 6.45) is 6.80. The zero-order valence-corrected chi connectivity index (χ0v) is 10.9. The van der Waals surface area contributed by atoms with Gasteiger partial charge < -0.3 is 5.11 Å². The van der Waals surface area contributed by atoms with Gasteiger partial charge in [0.05, 0.1) is 6.10 Å². The van der Waals surface area contributed by atoms with Crippen LogP contribution >= 0.6 is 0 Å². The van der Waals surface area contributed by atoms with Crippen LogP contribution in [0.15, 0.2) is 23.3 Å². The molecule has 1 saturated carbocycles. The highest BCUT2D eigenvalue weighted by Gasteiger charge is 2.36. The molecular formula is C15H24O. The van der Waals surface area contributed by atoms with Crippen LogP contribution in [0, 0.1) is 23.7 Å². The largest absolute Gasteiger partial charge is 0.392 e. The summed E-state index contributed by atoms with van der Waals surface area (Å²) in [4.78, 5) is 0. The maximum atomic E-state index is 10.1. The quantitative estimate of drug-likeness (QED) is 0.670. The van der Waals surface area contributed by atoms with E-state index in [-0.39, 0.29) is 6.10 Å². The number of rotatable bonds is 1. The van der Waals surface area contributed by atoms with Crippen LogP contribution in [0.1, 0.15) is 40.5 Å². The molecule has 0 saturated heterocycles. The molecule has 0 aromatic rings. The highest BCUT2D eigenvalue weighted by Crippen LogP contribution is 2.42. The zero-order chi connectivity index (χ0) is 11.9. The Balaban J connectivity index is 2.38. The maximum Gasteiger partial charge on any atom is 0.0608 e. The Morgan fingerprint density at radius 3 is 2.56 bits per heavy atom. The van der Waals surface area contributed by atoms with Gasteiger partial charge in [-0.25, -0.2) is 0 Å². The molecule has 0 bridgehead atoms. The van der Waals surface area contributed by atoms with E-state index in [1.807, 2.05) is 0 Å². The van der Waals surface area contributed by atoms with Crippen molar-refractivity contribution >= 4 is 0 Å². The van der Waals surface area contributed by atoms with E-state index in [9.17, 15) is 5.11 Å². The van der Waals surface area contributed by atoms with Crippen LogP contribution in [0.2, 0.25) is 0 Å². The molecule has 0 aliphatic heterocycles. The van der Waals surface area contributed by atoms with E-state index in [2.05, 4.69) is 39.8 Å². The van der Waals surface area contributed by atoms with Gasteiger partial charge in [0, 0.05) is 5.92 Å². The Kier molecular flexibility index (Phi) is 3.25. The summed E-state index contributed by atoms with van der Waals surface area (Å²) in [6, 6.07) is 0. The summed E-state index contributed by atoms with van der Waals surface area (Å²) in [6.45, 7) is 9.03. The van der Waals surface area contributed by atoms with E-state index >= 15 is 0 Å². The van der Waals surface area contributed by atoms with Gasteiger partial charge in [-0.05, 0) is 37.5 Å². The molecule has 1 heteroatoms. The molecule has 4 unspecified atom stereocenters. The van der Waals surface area contributed by atoms with Gasteiger partial charge in [-0.3, -0.25) is 0 Å². The second kappa shape index (κ2) is 4.37. The number of allylic oxidation sites excluding steroid dienone is 3. The lowest BCUT2D eigenvalue weighted by Gasteiger charge is -2.20. The predicted molar refractivity (Wildman–Crippen MR) is 68.1 cm³/mol. The molecule has 1 N–H and O–H groups in total. The van der Waals surface area contributed by atoms with Crippen LogP contribution in [-0.2, 0) is 0 Å². The lowest BCUT2D eigenvalue weighted by molar-refractivity contribution is 0.145. The van der Waals surface area contributed by atoms with E-state index in [0.717, 1.165) is 12.8 Å². The molecule has 0 spiro atoms. The number of aliphatic hydroxyl groups excluding tert-OH is 1. The van der Waals surface area contributed by atoms with Crippen molar-refractivity contribution in [3.05, 3.63) is 23.3 Å². The van der Waals surface area contributed by atoms with Crippen LogP contribution in [0.25, 0.3) is 0 Å². The van der Waals surface area contributed by atoms with Gasteiger partial charge in [0.15, 0.2) is 0 Å². The van der Waals surface area contributed by atoms with Gasteiger partial charge >= 0.3 is 0 Å². The van der Waals surface area contributed by atoms with Crippen LogP contribution in [0.3, 0.4) is 0 Å². The molecule has 0 heterocycles. The summed E-state index contributed by atoms with van der Waals surface area (Å²) in [5.41, 5.74) is 2.99. The fourth-order valence-corrected chi connectivity index (χ4v) is 3.47. The molecular weight excluding hydrogens is 196 g/mol. The molecule has 0 aromatic heterocycles. The molecule has 2 rings (SSSR count). The van der Waals surface area contributed by atoms with Gasteiger partial charge in [-0.1, -0.05) is 44.1 Å². The number of aliphatic hydroxyl groups is 1. The van der Waals surface area contributed by atoms with Crippen LogP contribution in [-0.4, -0.2) is 11.2 Å². The highest BCUT2D eigenvalue weighted by molar-refractivity contribution is 5.26. The molecule has 16 heavy (non-hydrogen) atoms. The zero-order valence-electron chi connectivity index (χ0n) is 10.9. The summed E-state index contributed by atoms with van der Waals surface area (Å²) < 4.78 is 0. The van der Waals surface area contributed by atoms with Gasteiger partial charge in [0.1, 0.15) is 0 Å². The first-order chi connectivity index (χ1) is 7.50. The third-order valence-electron chi connectivity index (χ3n) is 4.36. The van der Waals surface area contributed by atoms with Crippen molar-refractivity contribution in [3.63, 3.8) is 0 Å². The van der Waals surface area contributed by atoms with Gasteiger partial charge in [0.2, 0.25) is 0 Å². The van der Waals surface area contributed by atoms with Crippen molar-refractivity contribution in [1.29, 1.82) is 0 Å². The second-order valence-corrected chi connectivity index (χ2v) is 5.85. The van der Waals surface area contributed by atoms with E-state index in [0.29, 0.717) is 23.7 Å². The Morgan fingerprint density at radius 1 is 1.25 bits per heavy atom. The Hall–Kier alpha value is -0.560. The van der Waals surface area contributed by atoms with E-state index in [4.69, 9.17) is 0 Å². The van der Waals surface area contributed by atoms with Crippen molar-refractivity contribution < 1.29 is 5.11 Å². The molecule has 2 aliphatic carbocycles. The fourth-order valence-electron chi connectivity index (χ4n) is 3.47. The second-order valence-electron chi connectivity index (χ2n) is 5.85. The first kappa shape index (κ1) is 11.9. The third-order valence-corrected chi connectivity index (χ3v) is 4.36. The van der Waals surface area contributed by atoms with Crippen molar-refractivity contribution in [1.82, 2.24) is 0 Å². The molecule has 1 nitrogen and oxygen atoms in total. The molecule has 0 amide bonds. The molecule has 90 valence electrons. The third kappa shape index (κ3) is 1.98. The molecule has 4 atom stereocenters. The fraction of sp³-hybridized carbons (Fsp3) is 0.733. The summed E-state index contributed by atoms with van der Waals surface area (Å²) in [5.74, 6) is 2.09. The van der Waals surface area contributed by atoms with Gasteiger partial charge in [-0.2, -0.15) is 0 Å². The van der Waals surface area contributed by atoms with E-state index in [1.54, 1.807) is 0 Å². The average molecular weight is 220 g/mol. The lowest BCUT2D eigenvalue weighted by Crippen LogP contribution is -2.17. The van der Waals surface area contributed by atoms with Crippen molar-refractivity contribution in [2.45, 2.75) is 46.6 Å². The molecule has 2 aliphatic rings. The average Bonchev–Trinajstić information content (AvgIpc) is 2.49.